The van der Waals surface area contributed by atoms with Gasteiger partial charge >= 0.3 is 0 Å². The average Bonchev–Trinajstić information content (AvgIpc) is 3.15. The quantitative estimate of drug-likeness (QED) is 0.353. The van der Waals surface area contributed by atoms with Gasteiger partial charge in [-0.25, -0.2) is 0 Å². The zero-order chi connectivity index (χ0) is 24.5. The van der Waals surface area contributed by atoms with Crippen molar-refractivity contribution >= 4 is 16.9 Å². The molecule has 3 aromatic carbocycles. The molecule has 1 aliphatic heterocycles. The van der Waals surface area contributed by atoms with Crippen LogP contribution in [0.15, 0.2) is 82.0 Å². The standard InChI is InChI=1S/C29H27NO5/c1-18(2)17-34-23-14-13-20(15-24(23)33-3)26-25-27(31)21-11-7-8-12-22(21)35-28(25)29(32)30(26)16-19-9-5-4-6-10-19/h4-15,18,26H,16-17H2,1-3H3/t26-/m0/s1. The molecule has 1 atom stereocenters. The summed E-state index contributed by atoms with van der Waals surface area (Å²) >= 11 is 0. The first-order valence-electron chi connectivity index (χ1n) is 11.7. The van der Waals surface area contributed by atoms with E-state index in [2.05, 4.69) is 13.8 Å². The summed E-state index contributed by atoms with van der Waals surface area (Å²) in [6, 6.07) is 21.7. The van der Waals surface area contributed by atoms with Crippen LogP contribution in [0.2, 0.25) is 0 Å². The third-order valence-corrected chi connectivity index (χ3v) is 6.14. The number of amides is 1. The molecule has 4 aromatic rings. The summed E-state index contributed by atoms with van der Waals surface area (Å²) in [5.74, 6) is 1.31. The van der Waals surface area contributed by atoms with Crippen LogP contribution in [0.3, 0.4) is 0 Å². The van der Waals surface area contributed by atoms with Crippen molar-refractivity contribution in [3.63, 3.8) is 0 Å². The van der Waals surface area contributed by atoms with E-state index >= 15 is 0 Å². The summed E-state index contributed by atoms with van der Waals surface area (Å²) in [5, 5.41) is 0.453. The first-order valence-corrected chi connectivity index (χ1v) is 11.7. The Labute approximate surface area is 203 Å². The smallest absolute Gasteiger partial charge is 0.291 e. The molecule has 0 aliphatic carbocycles. The van der Waals surface area contributed by atoms with E-state index in [9.17, 15) is 9.59 Å². The summed E-state index contributed by atoms with van der Waals surface area (Å²) < 4.78 is 17.5. The lowest BCUT2D eigenvalue weighted by Crippen LogP contribution is -2.29. The second-order valence-corrected chi connectivity index (χ2v) is 9.11. The summed E-state index contributed by atoms with van der Waals surface area (Å²) in [6.45, 7) is 5.04. The van der Waals surface area contributed by atoms with Crippen LogP contribution in [0, 0.1) is 5.92 Å². The topological polar surface area (TPSA) is 69.0 Å². The van der Waals surface area contributed by atoms with Crippen LogP contribution in [0.1, 0.15) is 47.1 Å². The number of benzene rings is 3. The van der Waals surface area contributed by atoms with Crippen molar-refractivity contribution in [2.45, 2.75) is 26.4 Å². The molecule has 6 nitrogen and oxygen atoms in total. The number of carbonyl (C=O) groups excluding carboxylic acids is 1. The highest BCUT2D eigenvalue weighted by Gasteiger charge is 2.43. The number of ether oxygens (including phenoxy) is 2. The molecule has 35 heavy (non-hydrogen) atoms. The maximum atomic E-state index is 13.7. The van der Waals surface area contributed by atoms with Gasteiger partial charge in [-0.15, -0.1) is 0 Å². The lowest BCUT2D eigenvalue weighted by atomic mass is 9.97. The van der Waals surface area contributed by atoms with Gasteiger partial charge in [0.05, 0.1) is 30.7 Å². The van der Waals surface area contributed by atoms with Gasteiger partial charge in [0, 0.05) is 6.54 Å². The number of hydrogen-bond acceptors (Lipinski definition) is 5. The van der Waals surface area contributed by atoms with E-state index in [1.165, 1.54) is 0 Å². The van der Waals surface area contributed by atoms with Crippen LogP contribution in [-0.2, 0) is 6.54 Å². The number of rotatable bonds is 7. The van der Waals surface area contributed by atoms with E-state index in [0.717, 1.165) is 11.1 Å². The average molecular weight is 470 g/mol. The molecule has 0 bridgehead atoms. The minimum absolute atomic E-state index is 0.0914. The summed E-state index contributed by atoms with van der Waals surface area (Å²) in [6.07, 6.45) is 0. The number of fused-ring (bicyclic) bond motifs is 2. The van der Waals surface area contributed by atoms with Gasteiger partial charge in [0.1, 0.15) is 5.58 Å². The molecule has 2 heterocycles. The van der Waals surface area contributed by atoms with E-state index < -0.39 is 6.04 Å². The first kappa shape index (κ1) is 22.7. The van der Waals surface area contributed by atoms with Gasteiger partial charge in [-0.2, -0.15) is 0 Å². The second-order valence-electron chi connectivity index (χ2n) is 9.11. The molecule has 0 N–H and O–H groups in total. The van der Waals surface area contributed by atoms with Crippen molar-refractivity contribution < 1.29 is 18.7 Å². The highest BCUT2D eigenvalue weighted by Crippen LogP contribution is 2.41. The van der Waals surface area contributed by atoms with E-state index in [4.69, 9.17) is 13.9 Å². The van der Waals surface area contributed by atoms with Crippen LogP contribution in [-0.4, -0.2) is 24.5 Å². The summed E-state index contributed by atoms with van der Waals surface area (Å²) in [4.78, 5) is 29.0. The van der Waals surface area contributed by atoms with E-state index in [1.807, 2.05) is 48.5 Å². The van der Waals surface area contributed by atoms with E-state index in [-0.39, 0.29) is 17.1 Å². The van der Waals surface area contributed by atoms with Crippen LogP contribution in [0.4, 0.5) is 0 Å². The van der Waals surface area contributed by atoms with Crippen molar-refractivity contribution in [3.8, 4) is 11.5 Å². The van der Waals surface area contributed by atoms with Crippen molar-refractivity contribution in [1.82, 2.24) is 4.90 Å². The monoisotopic (exact) mass is 469 g/mol. The fourth-order valence-corrected chi connectivity index (χ4v) is 4.49. The molecule has 178 valence electrons. The molecule has 0 saturated heterocycles. The van der Waals surface area contributed by atoms with Crippen molar-refractivity contribution in [1.29, 1.82) is 0 Å². The predicted molar refractivity (Wildman–Crippen MR) is 134 cm³/mol. The Morgan fingerprint density at radius 2 is 1.69 bits per heavy atom. The Balaban J connectivity index is 1.66. The maximum Gasteiger partial charge on any atom is 0.291 e. The SMILES string of the molecule is COc1cc([C@H]2c3c(oc4ccccc4c3=O)C(=O)N2Cc2ccccc2)ccc1OCC(C)C. The van der Waals surface area contributed by atoms with E-state index in [1.54, 1.807) is 36.3 Å². The van der Waals surface area contributed by atoms with Gasteiger partial charge in [0.25, 0.3) is 5.91 Å². The van der Waals surface area contributed by atoms with Gasteiger partial charge < -0.3 is 18.8 Å². The molecular formula is C29H27NO5. The lowest BCUT2D eigenvalue weighted by Gasteiger charge is -2.26. The highest BCUT2D eigenvalue weighted by molar-refractivity contribution is 5.99. The Bertz CT molecular complexity index is 1440. The van der Waals surface area contributed by atoms with E-state index in [0.29, 0.717) is 47.1 Å². The molecule has 0 spiro atoms. The van der Waals surface area contributed by atoms with Gasteiger partial charge in [0.2, 0.25) is 5.76 Å². The summed E-state index contributed by atoms with van der Waals surface area (Å²) in [5.41, 5.74) is 2.26. The summed E-state index contributed by atoms with van der Waals surface area (Å²) in [7, 11) is 1.58. The number of nitrogens with zero attached hydrogens (tertiary/aromatic N) is 1. The first-order chi connectivity index (χ1) is 17.0. The van der Waals surface area contributed by atoms with Crippen LogP contribution < -0.4 is 14.9 Å². The third-order valence-electron chi connectivity index (χ3n) is 6.14. The molecule has 0 unspecified atom stereocenters. The molecule has 6 heteroatoms. The normalized spacial score (nSPS) is 15.0. The molecule has 0 fully saturated rings. The third kappa shape index (κ3) is 4.16. The largest absolute Gasteiger partial charge is 0.493 e. The van der Waals surface area contributed by atoms with Crippen molar-refractivity contribution in [2.75, 3.05) is 13.7 Å². The maximum absolute atomic E-state index is 13.7. The molecule has 5 rings (SSSR count). The molecule has 0 saturated carbocycles. The number of methoxy groups -OCH3 is 1. The lowest BCUT2D eigenvalue weighted by molar-refractivity contribution is 0.0714. The zero-order valence-corrected chi connectivity index (χ0v) is 20.0. The Morgan fingerprint density at radius 1 is 0.943 bits per heavy atom. The second kappa shape index (κ2) is 9.29. The Hall–Kier alpha value is -4.06. The molecule has 1 aliphatic rings. The minimum Gasteiger partial charge on any atom is -0.493 e. The van der Waals surface area contributed by atoms with Crippen molar-refractivity contribution in [2.24, 2.45) is 5.92 Å². The molecule has 1 amide bonds. The van der Waals surface area contributed by atoms with Gasteiger partial charge in [0.15, 0.2) is 16.9 Å². The molecular weight excluding hydrogens is 442 g/mol. The zero-order valence-electron chi connectivity index (χ0n) is 20.0. The Kier molecular flexibility index (Phi) is 6.03. The van der Waals surface area contributed by atoms with Crippen LogP contribution >= 0.6 is 0 Å². The molecule has 1 aromatic heterocycles. The van der Waals surface area contributed by atoms with Crippen molar-refractivity contribution in [3.05, 3.63) is 105 Å². The molecule has 0 radical (unpaired) electrons. The number of para-hydroxylation sites is 1. The fourth-order valence-electron chi connectivity index (χ4n) is 4.49. The van der Waals surface area contributed by atoms with Gasteiger partial charge in [-0.1, -0.05) is 62.4 Å². The van der Waals surface area contributed by atoms with Gasteiger partial charge in [-0.3, -0.25) is 9.59 Å². The number of carbonyl (C=O) groups is 1. The highest BCUT2D eigenvalue weighted by atomic mass is 16.5. The Morgan fingerprint density at radius 3 is 2.43 bits per heavy atom. The van der Waals surface area contributed by atoms with Gasteiger partial charge in [-0.05, 0) is 41.3 Å². The minimum atomic E-state index is -0.619. The van der Waals surface area contributed by atoms with Crippen LogP contribution in [0.25, 0.3) is 11.0 Å². The van der Waals surface area contributed by atoms with Crippen LogP contribution in [0.5, 0.6) is 11.5 Å². The predicted octanol–water partition coefficient (Wildman–Crippen LogP) is 5.58. The fraction of sp³-hybridized carbons (Fsp3) is 0.241. The number of hydrogen-bond donors (Lipinski definition) is 0.